The molecule has 1 saturated carbocycles. The number of hydrogen-bond donors (Lipinski definition) is 2. The van der Waals surface area contributed by atoms with E-state index in [1.165, 1.54) is 25.7 Å². The van der Waals surface area contributed by atoms with Gasteiger partial charge in [-0.15, -0.1) is 0 Å². The van der Waals surface area contributed by atoms with Gasteiger partial charge in [0.2, 0.25) is 0 Å². The van der Waals surface area contributed by atoms with Crippen LogP contribution in [-0.4, -0.2) is 11.2 Å². The smallest absolute Gasteiger partial charge is 0.163 e. The minimum atomic E-state index is 0.456. The van der Waals surface area contributed by atoms with E-state index in [1.54, 1.807) is 0 Å². The molecular weight excluding hydrogens is 180 g/mol. The molecule has 0 bridgehead atoms. The lowest BCUT2D eigenvalue weighted by Crippen LogP contribution is -2.45. The predicted molar refractivity (Wildman–Crippen MR) is 60.5 cm³/mol. The molecular formula is C10H20N2S. The molecule has 76 valence electrons. The first kappa shape index (κ1) is 10.8. The Bertz CT molecular complexity index is 180. The van der Waals surface area contributed by atoms with Crippen LogP contribution in [0.1, 0.15) is 39.5 Å². The lowest BCUT2D eigenvalue weighted by atomic mass is 9.78. The molecule has 0 aromatic carbocycles. The zero-order valence-electron chi connectivity index (χ0n) is 8.55. The molecule has 0 aromatic heterocycles. The van der Waals surface area contributed by atoms with Crippen molar-refractivity contribution in [3.63, 3.8) is 0 Å². The van der Waals surface area contributed by atoms with Gasteiger partial charge in [-0.1, -0.05) is 26.7 Å². The van der Waals surface area contributed by atoms with Crippen LogP contribution in [0, 0.1) is 11.8 Å². The lowest BCUT2D eigenvalue weighted by molar-refractivity contribution is 0.224. The molecule has 0 aliphatic heterocycles. The van der Waals surface area contributed by atoms with Crippen LogP contribution in [0.15, 0.2) is 0 Å². The van der Waals surface area contributed by atoms with E-state index in [0.29, 0.717) is 11.2 Å². The fraction of sp³-hybridized carbons (Fsp3) is 0.900. The van der Waals surface area contributed by atoms with Gasteiger partial charge in [0.05, 0.1) is 0 Å². The first-order valence-electron chi connectivity index (χ1n) is 5.17. The van der Waals surface area contributed by atoms with Gasteiger partial charge >= 0.3 is 0 Å². The molecule has 13 heavy (non-hydrogen) atoms. The zero-order valence-corrected chi connectivity index (χ0v) is 9.36. The predicted octanol–water partition coefficient (Wildman–Crippen LogP) is 2.03. The molecule has 3 N–H and O–H groups in total. The van der Waals surface area contributed by atoms with Crippen LogP contribution in [-0.2, 0) is 0 Å². The molecule has 1 rings (SSSR count). The summed E-state index contributed by atoms with van der Waals surface area (Å²) in [5.41, 5.74) is 5.51. The molecule has 0 heterocycles. The average molecular weight is 200 g/mol. The van der Waals surface area contributed by atoms with Gasteiger partial charge < -0.3 is 11.1 Å². The summed E-state index contributed by atoms with van der Waals surface area (Å²) in [4.78, 5) is 0. The average Bonchev–Trinajstić information content (AvgIpc) is 2.03. The molecule has 1 fully saturated rings. The minimum Gasteiger partial charge on any atom is -0.376 e. The highest BCUT2D eigenvalue weighted by Crippen LogP contribution is 2.29. The van der Waals surface area contributed by atoms with Crippen molar-refractivity contribution >= 4 is 17.3 Å². The van der Waals surface area contributed by atoms with E-state index in [2.05, 4.69) is 19.2 Å². The Labute approximate surface area is 86.3 Å². The van der Waals surface area contributed by atoms with Gasteiger partial charge in [-0.25, -0.2) is 0 Å². The normalized spacial score (nSPS) is 28.8. The quantitative estimate of drug-likeness (QED) is 0.670. The summed E-state index contributed by atoms with van der Waals surface area (Å²) in [6, 6.07) is 0.520. The molecule has 0 amide bonds. The van der Waals surface area contributed by atoms with Crippen LogP contribution in [0.5, 0.6) is 0 Å². The summed E-state index contributed by atoms with van der Waals surface area (Å²) in [7, 11) is 0. The van der Waals surface area contributed by atoms with E-state index >= 15 is 0 Å². The maximum Gasteiger partial charge on any atom is 0.163 e. The summed E-state index contributed by atoms with van der Waals surface area (Å²) >= 11 is 4.88. The van der Waals surface area contributed by atoms with Crippen LogP contribution < -0.4 is 11.1 Å². The highest BCUT2D eigenvalue weighted by atomic mass is 32.1. The third-order valence-electron chi connectivity index (χ3n) is 3.00. The van der Waals surface area contributed by atoms with Gasteiger partial charge in [-0.2, -0.15) is 0 Å². The topological polar surface area (TPSA) is 38.0 Å². The number of nitrogens with one attached hydrogen (secondary N) is 1. The number of hydrogen-bond acceptors (Lipinski definition) is 1. The van der Waals surface area contributed by atoms with Crippen molar-refractivity contribution in [3.8, 4) is 0 Å². The van der Waals surface area contributed by atoms with E-state index in [9.17, 15) is 0 Å². The molecule has 0 radical (unpaired) electrons. The molecule has 2 atom stereocenters. The second-order valence-electron chi connectivity index (χ2n) is 4.31. The maximum absolute atomic E-state index is 5.51. The summed E-state index contributed by atoms with van der Waals surface area (Å²) in [5.74, 6) is 1.47. The molecule has 2 nitrogen and oxygen atoms in total. The van der Waals surface area contributed by atoms with Crippen molar-refractivity contribution in [3.05, 3.63) is 0 Å². The van der Waals surface area contributed by atoms with Gasteiger partial charge in [0.25, 0.3) is 0 Å². The zero-order chi connectivity index (χ0) is 9.84. The van der Waals surface area contributed by atoms with Gasteiger partial charge in [0.1, 0.15) is 0 Å². The highest BCUT2D eigenvalue weighted by Gasteiger charge is 2.27. The fourth-order valence-electron chi connectivity index (χ4n) is 2.32. The van der Waals surface area contributed by atoms with Gasteiger partial charge in [-0.05, 0) is 36.9 Å². The van der Waals surface area contributed by atoms with Crippen molar-refractivity contribution in [1.29, 1.82) is 0 Å². The van der Waals surface area contributed by atoms with Gasteiger partial charge in [0.15, 0.2) is 5.11 Å². The SMILES string of the molecule is CC(C)C1CCCCC1NC(N)=S. The van der Waals surface area contributed by atoms with Gasteiger partial charge in [0, 0.05) is 6.04 Å². The molecule has 0 aromatic rings. The summed E-state index contributed by atoms with van der Waals surface area (Å²) in [5, 5.41) is 3.68. The third kappa shape index (κ3) is 3.14. The number of thiocarbonyl (C=S) groups is 1. The van der Waals surface area contributed by atoms with Crippen molar-refractivity contribution in [1.82, 2.24) is 5.32 Å². The standard InChI is InChI=1S/C10H20N2S/c1-7(2)8-5-3-4-6-9(8)12-10(11)13/h7-9H,3-6H2,1-2H3,(H3,11,12,13). The first-order chi connectivity index (χ1) is 6.11. The number of nitrogens with two attached hydrogens (primary N) is 1. The molecule has 1 aliphatic rings. The van der Waals surface area contributed by atoms with Crippen LogP contribution in [0.25, 0.3) is 0 Å². The van der Waals surface area contributed by atoms with E-state index < -0.39 is 0 Å². The Morgan fingerprint density at radius 2 is 2.00 bits per heavy atom. The largest absolute Gasteiger partial charge is 0.376 e. The first-order valence-corrected chi connectivity index (χ1v) is 5.58. The lowest BCUT2D eigenvalue weighted by Gasteiger charge is -2.35. The Morgan fingerprint density at radius 1 is 1.38 bits per heavy atom. The van der Waals surface area contributed by atoms with E-state index in [-0.39, 0.29) is 0 Å². The second-order valence-corrected chi connectivity index (χ2v) is 4.75. The molecule has 1 aliphatic carbocycles. The Morgan fingerprint density at radius 3 is 2.54 bits per heavy atom. The minimum absolute atomic E-state index is 0.456. The fourth-order valence-corrected chi connectivity index (χ4v) is 2.47. The molecule has 0 saturated heterocycles. The molecule has 3 heteroatoms. The van der Waals surface area contributed by atoms with Crippen LogP contribution in [0.4, 0.5) is 0 Å². The van der Waals surface area contributed by atoms with Crippen LogP contribution in [0.3, 0.4) is 0 Å². The Hall–Kier alpha value is -0.310. The summed E-state index contributed by atoms with van der Waals surface area (Å²) in [6.45, 7) is 4.56. The molecule has 2 unspecified atom stereocenters. The third-order valence-corrected chi connectivity index (χ3v) is 3.12. The van der Waals surface area contributed by atoms with Crippen molar-refractivity contribution < 1.29 is 0 Å². The highest BCUT2D eigenvalue weighted by molar-refractivity contribution is 7.80. The van der Waals surface area contributed by atoms with Gasteiger partial charge in [-0.3, -0.25) is 0 Å². The summed E-state index contributed by atoms with van der Waals surface area (Å²) in [6.07, 6.45) is 5.21. The number of rotatable bonds is 2. The Kier molecular flexibility index (Phi) is 3.97. The monoisotopic (exact) mass is 200 g/mol. The van der Waals surface area contributed by atoms with Crippen molar-refractivity contribution in [2.75, 3.05) is 0 Å². The second kappa shape index (κ2) is 4.80. The summed E-state index contributed by atoms with van der Waals surface area (Å²) < 4.78 is 0. The van der Waals surface area contributed by atoms with Crippen LogP contribution >= 0.6 is 12.2 Å². The molecule has 0 spiro atoms. The maximum atomic E-state index is 5.51. The Balaban J connectivity index is 2.51. The van der Waals surface area contributed by atoms with E-state index in [0.717, 1.165) is 11.8 Å². The van der Waals surface area contributed by atoms with E-state index in [4.69, 9.17) is 18.0 Å². The van der Waals surface area contributed by atoms with Crippen molar-refractivity contribution in [2.24, 2.45) is 17.6 Å². The van der Waals surface area contributed by atoms with E-state index in [1.807, 2.05) is 0 Å². The van der Waals surface area contributed by atoms with Crippen LogP contribution in [0.2, 0.25) is 0 Å². The van der Waals surface area contributed by atoms with Crippen molar-refractivity contribution in [2.45, 2.75) is 45.6 Å².